The molecule has 0 unspecified atom stereocenters. The summed E-state index contributed by atoms with van der Waals surface area (Å²) in [6.07, 6.45) is 5.22. The van der Waals surface area contributed by atoms with Crippen molar-refractivity contribution in [3.63, 3.8) is 0 Å². The summed E-state index contributed by atoms with van der Waals surface area (Å²) in [5.41, 5.74) is 10.3. The number of carbonyl (C=O) groups is 1. The van der Waals surface area contributed by atoms with Crippen molar-refractivity contribution < 1.29 is 4.79 Å². The molecule has 1 aliphatic carbocycles. The van der Waals surface area contributed by atoms with Crippen LogP contribution < -0.4 is 16.4 Å². The monoisotopic (exact) mass is 259 g/mol. The first-order valence-electron chi connectivity index (χ1n) is 7.08. The van der Waals surface area contributed by atoms with E-state index in [2.05, 4.69) is 23.6 Å². The Bertz CT molecular complexity index is 520. The molecular formula is C15H21N3O. The van der Waals surface area contributed by atoms with Gasteiger partial charge in [-0.2, -0.15) is 0 Å². The van der Waals surface area contributed by atoms with Crippen molar-refractivity contribution in [1.29, 1.82) is 0 Å². The van der Waals surface area contributed by atoms with Gasteiger partial charge in [0.2, 0.25) is 5.91 Å². The van der Waals surface area contributed by atoms with Crippen molar-refractivity contribution in [3.05, 3.63) is 17.7 Å². The molecule has 1 fully saturated rings. The van der Waals surface area contributed by atoms with Crippen LogP contribution in [0.2, 0.25) is 0 Å². The van der Waals surface area contributed by atoms with Gasteiger partial charge in [0, 0.05) is 18.7 Å². The number of benzene rings is 1. The van der Waals surface area contributed by atoms with E-state index in [1.807, 2.05) is 6.07 Å². The summed E-state index contributed by atoms with van der Waals surface area (Å²) in [6.45, 7) is 3.25. The molecule has 2 aliphatic rings. The molecular weight excluding hydrogens is 238 g/mol. The summed E-state index contributed by atoms with van der Waals surface area (Å²) in [4.78, 5) is 11.4. The molecule has 1 aromatic rings. The number of anilines is 3. The molecule has 4 nitrogen and oxygen atoms in total. The molecule has 102 valence electrons. The molecule has 0 spiro atoms. The van der Waals surface area contributed by atoms with Crippen LogP contribution in [0.4, 0.5) is 17.1 Å². The topological polar surface area (TPSA) is 67.2 Å². The molecule has 0 atom stereocenters. The van der Waals surface area contributed by atoms with Gasteiger partial charge in [-0.25, -0.2) is 0 Å². The number of rotatable bonds is 4. The Balaban J connectivity index is 1.77. The van der Waals surface area contributed by atoms with Gasteiger partial charge in [-0.05, 0) is 48.8 Å². The number of fused-ring (bicyclic) bond motifs is 1. The highest BCUT2D eigenvalue weighted by atomic mass is 16.1. The Morgan fingerprint density at radius 1 is 1.37 bits per heavy atom. The average molecular weight is 259 g/mol. The van der Waals surface area contributed by atoms with E-state index >= 15 is 0 Å². The molecule has 0 saturated heterocycles. The van der Waals surface area contributed by atoms with Crippen molar-refractivity contribution in [3.8, 4) is 0 Å². The SMILES string of the molecule is CCC1(CNc2cc3c(cc2N)NC(=O)CC3)CC1. The van der Waals surface area contributed by atoms with Crippen LogP contribution in [0.25, 0.3) is 0 Å². The maximum Gasteiger partial charge on any atom is 0.224 e. The van der Waals surface area contributed by atoms with E-state index in [-0.39, 0.29) is 5.91 Å². The van der Waals surface area contributed by atoms with Gasteiger partial charge >= 0.3 is 0 Å². The van der Waals surface area contributed by atoms with Gasteiger partial charge in [-0.3, -0.25) is 4.79 Å². The molecule has 4 N–H and O–H groups in total. The average Bonchev–Trinajstić information content (AvgIpc) is 3.17. The van der Waals surface area contributed by atoms with E-state index < -0.39 is 0 Å². The number of carbonyl (C=O) groups excluding carboxylic acids is 1. The van der Waals surface area contributed by atoms with Crippen LogP contribution in [-0.4, -0.2) is 12.5 Å². The maximum atomic E-state index is 11.4. The second kappa shape index (κ2) is 4.44. The highest BCUT2D eigenvalue weighted by Gasteiger charge is 2.40. The Hall–Kier alpha value is -1.71. The quantitative estimate of drug-likeness (QED) is 0.728. The van der Waals surface area contributed by atoms with Crippen LogP contribution in [0.5, 0.6) is 0 Å². The normalized spacial score (nSPS) is 19.5. The predicted octanol–water partition coefficient (Wildman–Crippen LogP) is 2.76. The number of nitrogen functional groups attached to an aromatic ring is 1. The van der Waals surface area contributed by atoms with Crippen LogP contribution in [0.3, 0.4) is 0 Å². The van der Waals surface area contributed by atoms with E-state index in [4.69, 9.17) is 5.73 Å². The standard InChI is InChI=1S/C15H21N3O/c1-2-15(5-6-15)9-17-13-7-10-3-4-14(19)18-12(10)8-11(13)16/h7-8,17H,2-6,9,16H2,1H3,(H,18,19). The highest BCUT2D eigenvalue weighted by molar-refractivity contribution is 5.95. The molecule has 0 aromatic heterocycles. The molecule has 0 radical (unpaired) electrons. The van der Waals surface area contributed by atoms with Crippen molar-refractivity contribution in [2.75, 3.05) is 22.9 Å². The van der Waals surface area contributed by atoms with Gasteiger partial charge < -0.3 is 16.4 Å². The lowest BCUT2D eigenvalue weighted by Crippen LogP contribution is -2.20. The van der Waals surface area contributed by atoms with Crippen LogP contribution in [0, 0.1) is 5.41 Å². The fourth-order valence-corrected chi connectivity index (χ4v) is 2.71. The van der Waals surface area contributed by atoms with Gasteiger partial charge in [0.1, 0.15) is 0 Å². The largest absolute Gasteiger partial charge is 0.397 e. The third kappa shape index (κ3) is 2.39. The minimum Gasteiger partial charge on any atom is -0.397 e. The molecule has 1 aliphatic heterocycles. The molecule has 1 heterocycles. The van der Waals surface area contributed by atoms with E-state index in [1.165, 1.54) is 24.8 Å². The summed E-state index contributed by atoms with van der Waals surface area (Å²) in [5, 5.41) is 6.37. The summed E-state index contributed by atoms with van der Waals surface area (Å²) in [5.74, 6) is 0.0792. The smallest absolute Gasteiger partial charge is 0.224 e. The zero-order valence-corrected chi connectivity index (χ0v) is 11.4. The lowest BCUT2D eigenvalue weighted by molar-refractivity contribution is -0.116. The number of aryl methyl sites for hydroxylation is 1. The fourth-order valence-electron chi connectivity index (χ4n) is 2.71. The first-order valence-corrected chi connectivity index (χ1v) is 7.08. The number of hydrogen-bond acceptors (Lipinski definition) is 3. The first-order chi connectivity index (χ1) is 9.12. The van der Waals surface area contributed by atoms with Gasteiger partial charge in [0.25, 0.3) is 0 Å². The summed E-state index contributed by atoms with van der Waals surface area (Å²) < 4.78 is 0. The molecule has 19 heavy (non-hydrogen) atoms. The third-order valence-corrected chi connectivity index (χ3v) is 4.53. The lowest BCUT2D eigenvalue weighted by atomic mass is 10.0. The first kappa shape index (κ1) is 12.3. The van der Waals surface area contributed by atoms with Crippen LogP contribution in [-0.2, 0) is 11.2 Å². The molecule has 4 heteroatoms. The van der Waals surface area contributed by atoms with E-state index in [0.29, 0.717) is 17.5 Å². The number of amides is 1. The molecule has 1 aromatic carbocycles. The van der Waals surface area contributed by atoms with Crippen LogP contribution in [0.1, 0.15) is 38.2 Å². The Morgan fingerprint density at radius 2 is 2.16 bits per heavy atom. The summed E-state index contributed by atoms with van der Waals surface area (Å²) in [6, 6.07) is 3.97. The lowest BCUT2D eigenvalue weighted by Gasteiger charge is -2.21. The van der Waals surface area contributed by atoms with Gasteiger partial charge in [-0.1, -0.05) is 6.92 Å². The van der Waals surface area contributed by atoms with Crippen molar-refractivity contribution in [1.82, 2.24) is 0 Å². The number of hydrogen-bond donors (Lipinski definition) is 3. The molecule has 0 bridgehead atoms. The van der Waals surface area contributed by atoms with E-state index in [9.17, 15) is 4.79 Å². The predicted molar refractivity (Wildman–Crippen MR) is 78.3 cm³/mol. The summed E-state index contributed by atoms with van der Waals surface area (Å²) >= 11 is 0. The van der Waals surface area contributed by atoms with Crippen molar-refractivity contribution >= 4 is 23.0 Å². The number of nitrogens with one attached hydrogen (secondary N) is 2. The van der Waals surface area contributed by atoms with Gasteiger partial charge in [0.05, 0.1) is 11.4 Å². The zero-order valence-electron chi connectivity index (χ0n) is 11.4. The van der Waals surface area contributed by atoms with E-state index in [1.54, 1.807) is 0 Å². The van der Waals surface area contributed by atoms with Gasteiger partial charge in [0.15, 0.2) is 0 Å². The zero-order chi connectivity index (χ0) is 13.5. The highest BCUT2D eigenvalue weighted by Crippen LogP contribution is 2.48. The Kier molecular flexibility index (Phi) is 2.88. The van der Waals surface area contributed by atoms with Gasteiger partial charge in [-0.15, -0.1) is 0 Å². The second-order valence-electron chi connectivity index (χ2n) is 5.85. The van der Waals surface area contributed by atoms with Crippen LogP contribution >= 0.6 is 0 Å². The molecule has 1 amide bonds. The minimum atomic E-state index is 0.0792. The number of nitrogens with two attached hydrogens (primary N) is 1. The van der Waals surface area contributed by atoms with Crippen molar-refractivity contribution in [2.45, 2.75) is 39.0 Å². The minimum absolute atomic E-state index is 0.0792. The van der Waals surface area contributed by atoms with Crippen molar-refractivity contribution in [2.24, 2.45) is 5.41 Å². The Labute approximate surface area is 113 Å². The third-order valence-electron chi connectivity index (χ3n) is 4.53. The van der Waals surface area contributed by atoms with E-state index in [0.717, 1.165) is 24.3 Å². The summed E-state index contributed by atoms with van der Waals surface area (Å²) in [7, 11) is 0. The van der Waals surface area contributed by atoms with Crippen LogP contribution in [0.15, 0.2) is 12.1 Å². The Morgan fingerprint density at radius 3 is 2.84 bits per heavy atom. The molecule has 1 saturated carbocycles. The molecule has 3 rings (SSSR count). The maximum absolute atomic E-state index is 11.4. The fraction of sp³-hybridized carbons (Fsp3) is 0.533. The second-order valence-corrected chi connectivity index (χ2v) is 5.85.